The Morgan fingerprint density at radius 3 is 2.81 bits per heavy atom. The van der Waals surface area contributed by atoms with E-state index in [1.807, 2.05) is 31.2 Å². The second-order valence-electron chi connectivity index (χ2n) is 6.59. The van der Waals surface area contributed by atoms with E-state index >= 15 is 0 Å². The number of hydrogen-bond acceptors (Lipinski definition) is 5. The van der Waals surface area contributed by atoms with Crippen molar-refractivity contribution in [1.82, 2.24) is 15.0 Å². The maximum atomic E-state index is 5.98. The first-order chi connectivity index (χ1) is 12.8. The van der Waals surface area contributed by atoms with Crippen molar-refractivity contribution in [2.75, 3.05) is 18.5 Å². The third-order valence-corrected chi connectivity index (χ3v) is 4.66. The largest absolute Gasteiger partial charge is 0.373 e. The summed E-state index contributed by atoms with van der Waals surface area (Å²) in [5.74, 6) is 1.97. The summed E-state index contributed by atoms with van der Waals surface area (Å²) in [5, 5.41) is 3.49. The Kier molecular flexibility index (Phi) is 4.88. The van der Waals surface area contributed by atoms with Gasteiger partial charge in [-0.05, 0) is 31.0 Å². The third-order valence-electron chi connectivity index (χ3n) is 4.66. The fraction of sp³-hybridized carbons (Fsp3) is 0.286. The van der Waals surface area contributed by atoms with Crippen LogP contribution in [0.4, 0.5) is 5.82 Å². The first kappa shape index (κ1) is 16.7. The molecule has 1 aliphatic rings. The Hall–Kier alpha value is -2.79. The summed E-state index contributed by atoms with van der Waals surface area (Å²) in [4.78, 5) is 13.3. The Balaban J connectivity index is 1.48. The van der Waals surface area contributed by atoms with E-state index in [0.717, 1.165) is 36.6 Å². The minimum absolute atomic E-state index is 0.143. The van der Waals surface area contributed by atoms with Crippen LogP contribution in [0.3, 0.4) is 0 Å². The highest BCUT2D eigenvalue weighted by molar-refractivity contribution is 5.56. The summed E-state index contributed by atoms with van der Waals surface area (Å²) in [6.07, 6.45) is 4.73. The Morgan fingerprint density at radius 1 is 1.12 bits per heavy atom. The van der Waals surface area contributed by atoms with Crippen molar-refractivity contribution >= 4 is 5.82 Å². The lowest BCUT2D eigenvalue weighted by atomic mass is 9.95. The summed E-state index contributed by atoms with van der Waals surface area (Å²) in [5.41, 5.74) is 3.10. The van der Waals surface area contributed by atoms with Gasteiger partial charge in [-0.1, -0.05) is 30.3 Å². The summed E-state index contributed by atoms with van der Waals surface area (Å²) >= 11 is 0. The van der Waals surface area contributed by atoms with Crippen LogP contribution in [0, 0.1) is 12.8 Å². The van der Waals surface area contributed by atoms with Crippen LogP contribution in [0.5, 0.6) is 0 Å². The van der Waals surface area contributed by atoms with Crippen molar-refractivity contribution in [2.24, 2.45) is 5.92 Å². The monoisotopic (exact) mass is 346 g/mol. The molecule has 1 aromatic carbocycles. The van der Waals surface area contributed by atoms with Gasteiger partial charge in [0.2, 0.25) is 0 Å². The number of nitrogens with one attached hydrogen (secondary N) is 1. The third kappa shape index (κ3) is 3.73. The second-order valence-corrected chi connectivity index (χ2v) is 6.59. The molecule has 0 aliphatic carbocycles. The van der Waals surface area contributed by atoms with Crippen molar-refractivity contribution in [3.8, 4) is 11.4 Å². The van der Waals surface area contributed by atoms with Gasteiger partial charge in [-0.2, -0.15) is 0 Å². The number of aromatic nitrogens is 3. The molecule has 5 nitrogen and oxygen atoms in total. The van der Waals surface area contributed by atoms with Crippen LogP contribution in [-0.2, 0) is 4.74 Å². The Labute approximate surface area is 153 Å². The molecular weight excluding hydrogens is 324 g/mol. The molecule has 0 radical (unpaired) electrons. The van der Waals surface area contributed by atoms with E-state index in [1.165, 1.54) is 5.56 Å². The molecule has 2 aromatic heterocycles. The standard InChI is InChI=1S/C21H22N4O/c1-15-12-19(25-21(24-15)18-8-5-10-22-13-18)23-14-17-9-11-26-20(17)16-6-3-2-4-7-16/h2-8,10,12-13,17,20H,9,11,14H2,1H3,(H,23,24,25). The molecule has 1 N–H and O–H groups in total. The number of nitrogens with zero attached hydrogens (tertiary/aromatic N) is 3. The molecule has 0 spiro atoms. The van der Waals surface area contributed by atoms with E-state index in [9.17, 15) is 0 Å². The van der Waals surface area contributed by atoms with Gasteiger partial charge in [0.1, 0.15) is 5.82 Å². The van der Waals surface area contributed by atoms with E-state index in [1.54, 1.807) is 12.4 Å². The average Bonchev–Trinajstić information content (AvgIpc) is 3.16. The van der Waals surface area contributed by atoms with Crippen LogP contribution in [0.25, 0.3) is 11.4 Å². The van der Waals surface area contributed by atoms with Crippen LogP contribution in [0.15, 0.2) is 60.9 Å². The summed E-state index contributed by atoms with van der Waals surface area (Å²) in [7, 11) is 0. The average molecular weight is 346 g/mol. The summed E-state index contributed by atoms with van der Waals surface area (Å²) in [6, 6.07) is 16.3. The second kappa shape index (κ2) is 7.62. The van der Waals surface area contributed by atoms with Crippen LogP contribution in [0.1, 0.15) is 23.8 Å². The van der Waals surface area contributed by atoms with Gasteiger partial charge in [0.05, 0.1) is 6.10 Å². The molecule has 2 unspecified atom stereocenters. The van der Waals surface area contributed by atoms with Gasteiger partial charge in [-0.3, -0.25) is 4.98 Å². The number of rotatable bonds is 5. The van der Waals surface area contributed by atoms with Crippen molar-refractivity contribution < 1.29 is 4.74 Å². The molecule has 26 heavy (non-hydrogen) atoms. The zero-order valence-electron chi connectivity index (χ0n) is 14.8. The lowest BCUT2D eigenvalue weighted by Gasteiger charge is -2.20. The highest BCUT2D eigenvalue weighted by Crippen LogP contribution is 2.34. The van der Waals surface area contributed by atoms with Crippen molar-refractivity contribution in [3.63, 3.8) is 0 Å². The fourth-order valence-corrected chi connectivity index (χ4v) is 3.37. The van der Waals surface area contributed by atoms with Gasteiger partial charge in [0, 0.05) is 48.8 Å². The van der Waals surface area contributed by atoms with Crippen LogP contribution >= 0.6 is 0 Å². The highest BCUT2D eigenvalue weighted by Gasteiger charge is 2.29. The smallest absolute Gasteiger partial charge is 0.163 e. The van der Waals surface area contributed by atoms with Gasteiger partial charge in [0.25, 0.3) is 0 Å². The highest BCUT2D eigenvalue weighted by atomic mass is 16.5. The van der Waals surface area contributed by atoms with E-state index in [0.29, 0.717) is 11.7 Å². The molecule has 1 aliphatic heterocycles. The van der Waals surface area contributed by atoms with Gasteiger partial charge in [-0.25, -0.2) is 9.97 Å². The van der Waals surface area contributed by atoms with Crippen LogP contribution < -0.4 is 5.32 Å². The maximum absolute atomic E-state index is 5.98. The number of benzene rings is 1. The van der Waals surface area contributed by atoms with Gasteiger partial charge < -0.3 is 10.1 Å². The van der Waals surface area contributed by atoms with Crippen LogP contribution in [-0.4, -0.2) is 28.1 Å². The minimum Gasteiger partial charge on any atom is -0.373 e. The molecule has 4 rings (SSSR count). The molecule has 0 saturated carbocycles. The lowest BCUT2D eigenvalue weighted by Crippen LogP contribution is -2.18. The molecule has 0 amide bonds. The van der Waals surface area contributed by atoms with E-state index in [2.05, 4.69) is 44.5 Å². The molecule has 132 valence electrons. The SMILES string of the molecule is Cc1cc(NCC2CCOC2c2ccccc2)nc(-c2cccnc2)n1. The zero-order chi connectivity index (χ0) is 17.8. The summed E-state index contributed by atoms with van der Waals surface area (Å²) < 4.78 is 5.98. The molecule has 1 fully saturated rings. The number of aryl methyl sites for hydroxylation is 1. The van der Waals surface area contributed by atoms with E-state index < -0.39 is 0 Å². The Morgan fingerprint density at radius 2 is 2.00 bits per heavy atom. The summed E-state index contributed by atoms with van der Waals surface area (Å²) in [6.45, 7) is 3.61. The normalized spacial score (nSPS) is 19.4. The van der Waals surface area contributed by atoms with Crippen molar-refractivity contribution in [3.05, 3.63) is 72.2 Å². The number of hydrogen-bond donors (Lipinski definition) is 1. The first-order valence-corrected chi connectivity index (χ1v) is 8.96. The van der Waals surface area contributed by atoms with E-state index in [-0.39, 0.29) is 6.10 Å². The van der Waals surface area contributed by atoms with E-state index in [4.69, 9.17) is 4.74 Å². The van der Waals surface area contributed by atoms with Crippen molar-refractivity contribution in [2.45, 2.75) is 19.4 Å². The fourth-order valence-electron chi connectivity index (χ4n) is 3.37. The first-order valence-electron chi connectivity index (χ1n) is 8.96. The number of pyridine rings is 1. The molecule has 0 bridgehead atoms. The Bertz CT molecular complexity index is 854. The number of anilines is 1. The maximum Gasteiger partial charge on any atom is 0.163 e. The molecular formula is C21H22N4O. The quantitative estimate of drug-likeness (QED) is 0.755. The topological polar surface area (TPSA) is 59.9 Å². The van der Waals surface area contributed by atoms with Crippen molar-refractivity contribution in [1.29, 1.82) is 0 Å². The predicted octanol–water partition coefficient (Wildman–Crippen LogP) is 4.04. The van der Waals surface area contributed by atoms with Gasteiger partial charge >= 0.3 is 0 Å². The van der Waals surface area contributed by atoms with Gasteiger partial charge in [-0.15, -0.1) is 0 Å². The molecule has 1 saturated heterocycles. The van der Waals surface area contributed by atoms with Crippen LogP contribution in [0.2, 0.25) is 0 Å². The molecule has 5 heteroatoms. The lowest BCUT2D eigenvalue weighted by molar-refractivity contribution is 0.0933. The molecule has 3 heterocycles. The molecule has 2 atom stereocenters. The number of ether oxygens (including phenoxy) is 1. The van der Waals surface area contributed by atoms with Gasteiger partial charge in [0.15, 0.2) is 5.82 Å². The predicted molar refractivity (Wildman–Crippen MR) is 102 cm³/mol. The minimum atomic E-state index is 0.143. The zero-order valence-corrected chi connectivity index (χ0v) is 14.8. The molecule has 3 aromatic rings.